The van der Waals surface area contributed by atoms with Crippen molar-refractivity contribution in [3.8, 4) is 11.8 Å². The zero-order valence-electron chi connectivity index (χ0n) is 8.03. The van der Waals surface area contributed by atoms with Gasteiger partial charge in [0.05, 0.1) is 0 Å². The third kappa shape index (κ3) is 3.16. The van der Waals surface area contributed by atoms with Crippen molar-refractivity contribution in [2.24, 2.45) is 0 Å². The van der Waals surface area contributed by atoms with Crippen molar-refractivity contribution in [3.63, 3.8) is 0 Å². The molecular weight excluding hydrogens is 168 g/mol. The minimum absolute atomic E-state index is 0.879. The highest BCUT2D eigenvalue weighted by Crippen LogP contribution is 1.98. The van der Waals surface area contributed by atoms with E-state index < -0.39 is 0 Å². The molecule has 0 aliphatic carbocycles. The molecule has 0 unspecified atom stereocenters. The lowest BCUT2D eigenvalue weighted by molar-refractivity contribution is 1.64. The summed E-state index contributed by atoms with van der Waals surface area (Å²) in [4.78, 5) is 0. The van der Waals surface area contributed by atoms with Crippen LogP contribution in [0, 0.1) is 11.8 Å². The molecule has 0 aromatic heterocycles. The van der Waals surface area contributed by atoms with Crippen LogP contribution in [-0.2, 0) is 0 Å². The normalized spacial score (nSPS) is 9.86. The monoisotopic (exact) mass is 180 g/mol. The standard InChI is InChI=1S/C14H12/c1-3-8-13(4-2)11-12-14-9-6-5-7-10-14/h3-10H,1-2H2/b13-8+. The van der Waals surface area contributed by atoms with Gasteiger partial charge < -0.3 is 0 Å². The van der Waals surface area contributed by atoms with Crippen LogP contribution in [0.25, 0.3) is 0 Å². The number of hydrogen-bond acceptors (Lipinski definition) is 0. The van der Waals surface area contributed by atoms with E-state index in [9.17, 15) is 0 Å². The van der Waals surface area contributed by atoms with Crippen molar-refractivity contribution in [1.29, 1.82) is 0 Å². The summed E-state index contributed by atoms with van der Waals surface area (Å²) in [7, 11) is 0. The molecule has 0 bridgehead atoms. The summed E-state index contributed by atoms with van der Waals surface area (Å²) in [5, 5.41) is 0. The van der Waals surface area contributed by atoms with Crippen molar-refractivity contribution in [2.45, 2.75) is 0 Å². The van der Waals surface area contributed by atoms with Crippen molar-refractivity contribution in [1.82, 2.24) is 0 Å². The smallest absolute Gasteiger partial charge is 0.0249 e. The van der Waals surface area contributed by atoms with Gasteiger partial charge in [0.1, 0.15) is 0 Å². The summed E-state index contributed by atoms with van der Waals surface area (Å²) >= 11 is 0. The van der Waals surface area contributed by atoms with Gasteiger partial charge in [0.15, 0.2) is 0 Å². The topological polar surface area (TPSA) is 0 Å². The summed E-state index contributed by atoms with van der Waals surface area (Å²) < 4.78 is 0. The summed E-state index contributed by atoms with van der Waals surface area (Å²) in [5.74, 6) is 6.05. The third-order valence-corrected chi connectivity index (χ3v) is 1.64. The van der Waals surface area contributed by atoms with Crippen LogP contribution in [0.4, 0.5) is 0 Å². The molecule has 14 heavy (non-hydrogen) atoms. The molecule has 0 spiro atoms. The highest BCUT2D eigenvalue weighted by molar-refractivity contribution is 5.45. The first-order valence-electron chi connectivity index (χ1n) is 4.39. The molecule has 0 atom stereocenters. The molecule has 1 rings (SSSR count). The Hall–Kier alpha value is -2.00. The van der Waals surface area contributed by atoms with E-state index in [1.165, 1.54) is 0 Å². The first-order valence-corrected chi connectivity index (χ1v) is 4.39. The van der Waals surface area contributed by atoms with Gasteiger partial charge in [-0.05, 0) is 18.2 Å². The molecule has 68 valence electrons. The van der Waals surface area contributed by atoms with Crippen LogP contribution < -0.4 is 0 Å². The SMILES string of the molecule is C=C/C=C(/C#Cc1ccccc1)C=C. The van der Waals surface area contributed by atoms with E-state index >= 15 is 0 Å². The average molecular weight is 180 g/mol. The van der Waals surface area contributed by atoms with Gasteiger partial charge in [-0.1, -0.05) is 55.3 Å². The highest BCUT2D eigenvalue weighted by Gasteiger charge is 1.83. The Kier molecular flexibility index (Phi) is 4.04. The second-order valence-corrected chi connectivity index (χ2v) is 2.68. The van der Waals surface area contributed by atoms with Crippen molar-refractivity contribution in [3.05, 3.63) is 72.9 Å². The lowest BCUT2D eigenvalue weighted by Gasteiger charge is -1.87. The largest absolute Gasteiger partial charge is 0.0990 e. The first kappa shape index (κ1) is 10.1. The van der Waals surface area contributed by atoms with Crippen LogP contribution in [0.15, 0.2) is 67.3 Å². The molecule has 0 N–H and O–H groups in total. The molecule has 1 aromatic carbocycles. The lowest BCUT2D eigenvalue weighted by atomic mass is 10.2. The maximum atomic E-state index is 3.67. The van der Waals surface area contributed by atoms with Gasteiger partial charge in [0, 0.05) is 11.1 Å². The third-order valence-electron chi connectivity index (χ3n) is 1.64. The molecule has 0 saturated heterocycles. The van der Waals surface area contributed by atoms with Gasteiger partial charge in [-0.2, -0.15) is 0 Å². The molecule has 0 nitrogen and oxygen atoms in total. The van der Waals surface area contributed by atoms with Crippen LogP contribution in [0.5, 0.6) is 0 Å². The van der Waals surface area contributed by atoms with E-state index in [1.807, 2.05) is 36.4 Å². The summed E-state index contributed by atoms with van der Waals surface area (Å²) in [5.41, 5.74) is 1.88. The molecule has 0 amide bonds. The fraction of sp³-hybridized carbons (Fsp3) is 0. The maximum absolute atomic E-state index is 3.67. The summed E-state index contributed by atoms with van der Waals surface area (Å²) in [6, 6.07) is 9.85. The predicted octanol–water partition coefficient (Wildman–Crippen LogP) is 3.34. The lowest BCUT2D eigenvalue weighted by Crippen LogP contribution is -1.73. The Morgan fingerprint density at radius 3 is 2.43 bits per heavy atom. The number of rotatable bonds is 2. The quantitative estimate of drug-likeness (QED) is 0.483. The van der Waals surface area contributed by atoms with E-state index in [4.69, 9.17) is 0 Å². The van der Waals surface area contributed by atoms with E-state index in [0.717, 1.165) is 11.1 Å². The molecular formula is C14H12. The fourth-order valence-electron chi connectivity index (χ4n) is 0.954. The van der Waals surface area contributed by atoms with Crippen LogP contribution in [0.1, 0.15) is 5.56 Å². The Labute approximate surface area is 85.3 Å². The van der Waals surface area contributed by atoms with Gasteiger partial charge in [0.2, 0.25) is 0 Å². The van der Waals surface area contributed by atoms with Crippen LogP contribution >= 0.6 is 0 Å². The number of benzene rings is 1. The van der Waals surface area contributed by atoms with Gasteiger partial charge in [-0.15, -0.1) is 0 Å². The van der Waals surface area contributed by atoms with Crippen LogP contribution in [0.2, 0.25) is 0 Å². The molecule has 0 saturated carbocycles. The fourth-order valence-corrected chi connectivity index (χ4v) is 0.954. The molecule has 1 aromatic rings. The van der Waals surface area contributed by atoms with Crippen molar-refractivity contribution < 1.29 is 0 Å². The minimum Gasteiger partial charge on any atom is -0.0990 e. The summed E-state index contributed by atoms with van der Waals surface area (Å²) in [6.45, 7) is 7.28. The van der Waals surface area contributed by atoms with Gasteiger partial charge in [-0.25, -0.2) is 0 Å². The van der Waals surface area contributed by atoms with E-state index in [-0.39, 0.29) is 0 Å². The zero-order chi connectivity index (χ0) is 10.2. The van der Waals surface area contributed by atoms with E-state index in [2.05, 4.69) is 25.0 Å². The Bertz CT molecular complexity index is 397. The second-order valence-electron chi connectivity index (χ2n) is 2.68. The molecule has 0 aliphatic heterocycles. The number of hydrogen-bond donors (Lipinski definition) is 0. The zero-order valence-corrected chi connectivity index (χ0v) is 8.03. The Morgan fingerprint density at radius 2 is 1.86 bits per heavy atom. The Morgan fingerprint density at radius 1 is 1.14 bits per heavy atom. The molecule has 0 aliphatic rings. The minimum atomic E-state index is 0.879. The summed E-state index contributed by atoms with van der Waals surface area (Å²) in [6.07, 6.45) is 5.26. The van der Waals surface area contributed by atoms with Gasteiger partial charge >= 0.3 is 0 Å². The number of allylic oxidation sites excluding steroid dienone is 4. The average Bonchev–Trinajstić information content (AvgIpc) is 2.25. The first-order chi connectivity index (χ1) is 6.86. The predicted molar refractivity (Wildman–Crippen MR) is 61.8 cm³/mol. The van der Waals surface area contributed by atoms with Gasteiger partial charge in [-0.3, -0.25) is 0 Å². The van der Waals surface area contributed by atoms with E-state index in [0.29, 0.717) is 0 Å². The Balaban J connectivity index is 2.87. The van der Waals surface area contributed by atoms with E-state index in [1.54, 1.807) is 12.2 Å². The molecule has 0 heterocycles. The second kappa shape index (κ2) is 5.61. The molecule has 0 heteroatoms. The van der Waals surface area contributed by atoms with Crippen molar-refractivity contribution in [2.75, 3.05) is 0 Å². The molecule has 0 radical (unpaired) electrons. The van der Waals surface area contributed by atoms with Crippen LogP contribution in [-0.4, -0.2) is 0 Å². The highest BCUT2D eigenvalue weighted by atomic mass is 13.9. The molecule has 0 fully saturated rings. The maximum Gasteiger partial charge on any atom is 0.0249 e. The van der Waals surface area contributed by atoms with Crippen molar-refractivity contribution >= 4 is 0 Å². The van der Waals surface area contributed by atoms with Crippen LogP contribution in [0.3, 0.4) is 0 Å². The van der Waals surface area contributed by atoms with Gasteiger partial charge in [0.25, 0.3) is 0 Å².